The lowest BCUT2D eigenvalue weighted by molar-refractivity contribution is 1.07. The van der Waals surface area contributed by atoms with Gasteiger partial charge in [-0.1, -0.05) is 200 Å². The van der Waals surface area contributed by atoms with Crippen LogP contribution in [0.5, 0.6) is 0 Å². The molecule has 0 amide bonds. The van der Waals surface area contributed by atoms with Crippen molar-refractivity contribution in [2.45, 2.75) is 0 Å². The average molecular weight is 804 g/mol. The van der Waals surface area contributed by atoms with Gasteiger partial charge in [-0.3, -0.25) is 0 Å². The van der Waals surface area contributed by atoms with Crippen LogP contribution in [0.2, 0.25) is 0 Å². The highest BCUT2D eigenvalue weighted by molar-refractivity contribution is 6.23. The van der Waals surface area contributed by atoms with Gasteiger partial charge in [-0.05, 0) is 57.3 Å². The Morgan fingerprint density at radius 3 is 1.46 bits per heavy atom. The zero-order valence-corrected chi connectivity index (χ0v) is 34.1. The van der Waals surface area contributed by atoms with Crippen molar-refractivity contribution in [2.24, 2.45) is 0 Å². The molecule has 0 aliphatic heterocycles. The lowest BCUT2D eigenvalue weighted by Crippen LogP contribution is -2.00. The molecule has 3 aromatic heterocycles. The largest absolute Gasteiger partial charge is 0.308 e. The van der Waals surface area contributed by atoms with Crippen LogP contribution in [-0.4, -0.2) is 24.5 Å². The van der Waals surface area contributed by atoms with Crippen molar-refractivity contribution < 1.29 is 0 Å². The molecule has 0 aliphatic carbocycles. The Balaban J connectivity index is 1.04. The fraction of sp³-hybridized carbons (Fsp3) is 0. The van der Waals surface area contributed by atoms with Crippen molar-refractivity contribution in [3.05, 3.63) is 224 Å². The summed E-state index contributed by atoms with van der Waals surface area (Å²) in [5.41, 5.74) is 13.6. The third-order valence-electron chi connectivity index (χ3n) is 12.1. The molecule has 3 heterocycles. The molecule has 0 spiro atoms. The van der Waals surface area contributed by atoms with E-state index in [-0.39, 0.29) is 0 Å². The maximum absolute atomic E-state index is 5.55. The number of fused-ring (bicyclic) bond motifs is 6. The Morgan fingerprint density at radius 2 is 0.794 bits per heavy atom. The number of aromatic nitrogens is 5. The fourth-order valence-electron chi connectivity index (χ4n) is 9.08. The van der Waals surface area contributed by atoms with Gasteiger partial charge in [0, 0.05) is 44.1 Å². The number of hydrogen-bond acceptors (Lipinski definition) is 4. The summed E-state index contributed by atoms with van der Waals surface area (Å²) in [4.78, 5) is 20.7. The van der Waals surface area contributed by atoms with Crippen molar-refractivity contribution in [3.8, 4) is 73.4 Å². The fourth-order valence-corrected chi connectivity index (χ4v) is 9.08. The summed E-state index contributed by atoms with van der Waals surface area (Å²) in [6.45, 7) is 0. The van der Waals surface area contributed by atoms with E-state index in [9.17, 15) is 0 Å². The Bertz CT molecular complexity index is 3640. The van der Waals surface area contributed by atoms with Gasteiger partial charge >= 0.3 is 0 Å². The maximum atomic E-state index is 5.55. The number of hydrogen-bond donors (Lipinski definition) is 0. The van der Waals surface area contributed by atoms with Gasteiger partial charge in [-0.25, -0.2) is 19.9 Å². The van der Waals surface area contributed by atoms with Gasteiger partial charge in [-0.15, -0.1) is 0 Å². The van der Waals surface area contributed by atoms with Crippen molar-refractivity contribution in [1.82, 2.24) is 24.5 Å². The third-order valence-corrected chi connectivity index (χ3v) is 12.1. The first-order chi connectivity index (χ1) is 31.2. The van der Waals surface area contributed by atoms with Crippen molar-refractivity contribution in [1.29, 1.82) is 0 Å². The SMILES string of the molecule is c1ccc(-c2ccc(-c3nc(-c4ccccc4)nc(-c4ccc(-c5c(-c6nc7ccccc7c7c6c6ccccc6n7-c6ccccc6)ccc6ccccc56)cc4)n3)cc2)cc1. The highest BCUT2D eigenvalue weighted by Crippen LogP contribution is 2.45. The molecular weight excluding hydrogens is 767 g/mol. The predicted molar refractivity (Wildman–Crippen MR) is 260 cm³/mol. The minimum Gasteiger partial charge on any atom is -0.308 e. The van der Waals surface area contributed by atoms with Gasteiger partial charge in [0.25, 0.3) is 0 Å². The van der Waals surface area contributed by atoms with Gasteiger partial charge in [-0.2, -0.15) is 0 Å². The molecule has 5 heteroatoms. The van der Waals surface area contributed by atoms with E-state index in [4.69, 9.17) is 19.9 Å². The number of pyridine rings is 1. The Hall–Kier alpha value is -8.54. The number of benzene rings is 9. The third kappa shape index (κ3) is 6.34. The second kappa shape index (κ2) is 15.2. The predicted octanol–water partition coefficient (Wildman–Crippen LogP) is 14.7. The van der Waals surface area contributed by atoms with Crippen LogP contribution in [0, 0.1) is 0 Å². The normalized spacial score (nSPS) is 11.5. The van der Waals surface area contributed by atoms with Crippen LogP contribution >= 0.6 is 0 Å². The van der Waals surface area contributed by atoms with Gasteiger partial charge in [0.2, 0.25) is 0 Å². The summed E-state index contributed by atoms with van der Waals surface area (Å²) < 4.78 is 2.40. The zero-order valence-electron chi connectivity index (χ0n) is 34.1. The molecule has 0 unspecified atom stereocenters. The minimum absolute atomic E-state index is 0.613. The van der Waals surface area contributed by atoms with E-state index < -0.39 is 0 Å². The van der Waals surface area contributed by atoms with Crippen LogP contribution in [0.3, 0.4) is 0 Å². The molecule has 0 radical (unpaired) electrons. The molecule has 0 fully saturated rings. The van der Waals surface area contributed by atoms with Crippen LogP contribution in [0.25, 0.3) is 117 Å². The van der Waals surface area contributed by atoms with E-state index >= 15 is 0 Å². The van der Waals surface area contributed by atoms with Gasteiger partial charge in [0.1, 0.15) is 0 Å². The Labute approximate surface area is 364 Å². The summed E-state index contributed by atoms with van der Waals surface area (Å²) in [6, 6.07) is 78.6. The lowest BCUT2D eigenvalue weighted by Gasteiger charge is -2.17. The molecule has 0 saturated heterocycles. The first-order valence-electron chi connectivity index (χ1n) is 21.2. The van der Waals surface area contributed by atoms with Crippen LogP contribution in [0.4, 0.5) is 0 Å². The quantitative estimate of drug-likeness (QED) is 0.161. The van der Waals surface area contributed by atoms with E-state index in [1.54, 1.807) is 0 Å². The average Bonchev–Trinajstić information content (AvgIpc) is 3.72. The summed E-state index contributed by atoms with van der Waals surface area (Å²) in [5.74, 6) is 1.87. The Kier molecular flexibility index (Phi) is 8.75. The van der Waals surface area contributed by atoms with Crippen molar-refractivity contribution in [2.75, 3.05) is 0 Å². The molecule has 0 bridgehead atoms. The van der Waals surface area contributed by atoms with Crippen LogP contribution < -0.4 is 0 Å². The lowest BCUT2D eigenvalue weighted by atomic mass is 9.89. The van der Waals surface area contributed by atoms with E-state index in [0.717, 1.165) is 93.8 Å². The topological polar surface area (TPSA) is 56.5 Å². The molecular formula is C58H37N5. The zero-order chi connectivity index (χ0) is 41.7. The van der Waals surface area contributed by atoms with Crippen LogP contribution in [0.15, 0.2) is 224 Å². The highest BCUT2D eigenvalue weighted by atomic mass is 15.0. The standard InChI is InChI=1S/C58H37N5/c1-4-16-38(17-5-1)39-28-32-43(33-29-39)57-60-56(42-19-6-2-7-20-42)61-58(62-57)44-34-30-41(31-35-44)52-46-23-11-10-18-40(46)36-37-49(52)54-53-48-25-13-15-27-51(48)63(45-21-8-3-9-22-45)55(53)47-24-12-14-26-50(47)59-54/h1-37H. The molecule has 12 aromatic rings. The monoisotopic (exact) mass is 803 g/mol. The second-order valence-corrected chi connectivity index (χ2v) is 15.8. The van der Waals surface area contributed by atoms with Crippen LogP contribution in [0.1, 0.15) is 0 Å². The molecule has 294 valence electrons. The second-order valence-electron chi connectivity index (χ2n) is 15.8. The number of nitrogens with zero attached hydrogens (tertiary/aromatic N) is 5. The molecule has 0 saturated carbocycles. The van der Waals surface area contributed by atoms with Gasteiger partial charge < -0.3 is 4.57 Å². The summed E-state index contributed by atoms with van der Waals surface area (Å²) in [5, 5.41) is 5.72. The Morgan fingerprint density at radius 1 is 0.317 bits per heavy atom. The van der Waals surface area contributed by atoms with Gasteiger partial charge in [0.05, 0.1) is 22.2 Å². The molecule has 5 nitrogen and oxygen atoms in total. The molecule has 0 atom stereocenters. The van der Waals surface area contributed by atoms with E-state index in [0.29, 0.717) is 17.5 Å². The summed E-state index contributed by atoms with van der Waals surface area (Å²) in [7, 11) is 0. The minimum atomic E-state index is 0.613. The van der Waals surface area contributed by atoms with Crippen molar-refractivity contribution >= 4 is 43.5 Å². The molecule has 0 aliphatic rings. The van der Waals surface area contributed by atoms with Crippen molar-refractivity contribution in [3.63, 3.8) is 0 Å². The smallest absolute Gasteiger partial charge is 0.164 e. The number of para-hydroxylation sites is 3. The van der Waals surface area contributed by atoms with E-state index in [1.807, 2.05) is 36.4 Å². The van der Waals surface area contributed by atoms with Crippen LogP contribution in [-0.2, 0) is 0 Å². The molecule has 63 heavy (non-hydrogen) atoms. The molecule has 9 aromatic carbocycles. The van der Waals surface area contributed by atoms with E-state index in [2.05, 4.69) is 193 Å². The van der Waals surface area contributed by atoms with E-state index in [1.165, 1.54) is 5.56 Å². The van der Waals surface area contributed by atoms with Gasteiger partial charge in [0.15, 0.2) is 17.5 Å². The number of rotatable bonds is 7. The molecule has 12 rings (SSSR count). The maximum Gasteiger partial charge on any atom is 0.164 e. The first kappa shape index (κ1) is 36.3. The first-order valence-corrected chi connectivity index (χ1v) is 21.2. The molecule has 0 N–H and O–H groups in total. The highest BCUT2D eigenvalue weighted by Gasteiger charge is 2.23. The summed E-state index contributed by atoms with van der Waals surface area (Å²) in [6.07, 6.45) is 0. The summed E-state index contributed by atoms with van der Waals surface area (Å²) >= 11 is 0.